The van der Waals surface area contributed by atoms with Crippen LogP contribution in [0.4, 0.5) is 4.79 Å². The van der Waals surface area contributed by atoms with Crippen molar-refractivity contribution >= 4 is 18.5 Å². The van der Waals surface area contributed by atoms with Crippen molar-refractivity contribution in [2.75, 3.05) is 6.61 Å². The Labute approximate surface area is 129 Å². The van der Waals surface area contributed by atoms with Crippen LogP contribution < -0.4 is 10.1 Å². The van der Waals surface area contributed by atoms with E-state index in [1.54, 1.807) is 0 Å². The molecule has 1 N–H and O–H groups in total. The largest absolute Gasteiger partial charge is 0.457 e. The number of carbonyl (C=O) groups is 1. The van der Waals surface area contributed by atoms with Crippen LogP contribution in [-0.4, -0.2) is 12.7 Å². The monoisotopic (exact) mass is 305 g/mol. The Hall–Kier alpha value is -2.20. The number of hydrogen-bond acceptors (Lipinski definition) is 3. The molecular weight excluding hydrogens is 290 g/mol. The second-order valence-corrected chi connectivity index (χ2v) is 4.61. The van der Waals surface area contributed by atoms with E-state index in [9.17, 15) is 4.79 Å². The van der Waals surface area contributed by atoms with Crippen LogP contribution in [0, 0.1) is 0 Å². The molecule has 1 heterocycles. The van der Waals surface area contributed by atoms with Gasteiger partial charge in [-0.2, -0.15) is 0 Å². The fraction of sp³-hybridized carbons (Fsp3) is 0.188. The summed E-state index contributed by atoms with van der Waals surface area (Å²) in [5.74, 6) is 1.58. The summed E-state index contributed by atoms with van der Waals surface area (Å²) >= 11 is 0. The first-order chi connectivity index (χ1) is 9.81. The van der Waals surface area contributed by atoms with Gasteiger partial charge >= 0.3 is 6.09 Å². The Morgan fingerprint density at radius 1 is 1.00 bits per heavy atom. The van der Waals surface area contributed by atoms with E-state index in [4.69, 9.17) is 9.47 Å². The number of cyclic esters (lactones) is 1. The van der Waals surface area contributed by atoms with Gasteiger partial charge in [-0.15, -0.1) is 12.4 Å². The predicted molar refractivity (Wildman–Crippen MR) is 82.0 cm³/mol. The summed E-state index contributed by atoms with van der Waals surface area (Å²) in [7, 11) is 0. The molecule has 1 aliphatic heterocycles. The number of rotatable bonds is 3. The molecule has 2 aromatic carbocycles. The van der Waals surface area contributed by atoms with Crippen LogP contribution in [-0.2, 0) is 4.74 Å². The fourth-order valence-electron chi connectivity index (χ4n) is 2.17. The smallest absolute Gasteiger partial charge is 0.407 e. The third-order valence-corrected chi connectivity index (χ3v) is 3.19. The Morgan fingerprint density at radius 2 is 1.67 bits per heavy atom. The van der Waals surface area contributed by atoms with Crippen LogP contribution in [0.2, 0.25) is 0 Å². The summed E-state index contributed by atoms with van der Waals surface area (Å²) in [5.41, 5.74) is 1.06. The SMILES string of the molecule is Cl.O=C1N[C@H](c2ccc(Oc3ccccc3)cc2)CCO1. The second kappa shape index (κ2) is 6.99. The molecule has 1 amide bonds. The van der Waals surface area contributed by atoms with Crippen molar-refractivity contribution in [2.24, 2.45) is 0 Å². The first kappa shape index (κ1) is 15.2. The number of carbonyl (C=O) groups excluding carboxylic acids is 1. The van der Waals surface area contributed by atoms with Crippen LogP contribution in [0.15, 0.2) is 54.6 Å². The number of nitrogens with one attached hydrogen (secondary N) is 1. The van der Waals surface area contributed by atoms with Gasteiger partial charge < -0.3 is 14.8 Å². The average Bonchev–Trinajstić information content (AvgIpc) is 2.49. The molecule has 0 spiro atoms. The highest BCUT2D eigenvalue weighted by Gasteiger charge is 2.20. The molecule has 0 aromatic heterocycles. The lowest BCUT2D eigenvalue weighted by molar-refractivity contribution is 0.115. The van der Waals surface area contributed by atoms with Crippen LogP contribution in [0.1, 0.15) is 18.0 Å². The lowest BCUT2D eigenvalue weighted by atomic mass is 10.0. The molecule has 110 valence electrons. The first-order valence-corrected chi connectivity index (χ1v) is 6.57. The molecule has 1 saturated heterocycles. The quantitative estimate of drug-likeness (QED) is 0.929. The van der Waals surface area contributed by atoms with Crippen molar-refractivity contribution in [3.05, 3.63) is 60.2 Å². The van der Waals surface area contributed by atoms with Crippen molar-refractivity contribution in [3.63, 3.8) is 0 Å². The van der Waals surface area contributed by atoms with Crippen LogP contribution >= 0.6 is 12.4 Å². The number of benzene rings is 2. The number of hydrogen-bond donors (Lipinski definition) is 1. The zero-order valence-corrected chi connectivity index (χ0v) is 12.1. The molecule has 0 saturated carbocycles. The zero-order chi connectivity index (χ0) is 13.8. The maximum atomic E-state index is 11.2. The number of halogens is 1. The van der Waals surface area contributed by atoms with Crippen molar-refractivity contribution in [1.29, 1.82) is 0 Å². The molecular formula is C16H16ClNO3. The standard InChI is InChI=1S/C16H15NO3.ClH/c18-16-17-15(10-11-19-16)12-6-8-14(9-7-12)20-13-4-2-1-3-5-13;/h1-9,15H,10-11H2,(H,17,18);1H/t15-;/m0./s1. The van der Waals surface area contributed by atoms with Gasteiger partial charge in [-0.1, -0.05) is 30.3 Å². The summed E-state index contributed by atoms with van der Waals surface area (Å²) in [4.78, 5) is 11.2. The van der Waals surface area contributed by atoms with E-state index < -0.39 is 0 Å². The number of ether oxygens (including phenoxy) is 2. The van der Waals surface area contributed by atoms with E-state index in [1.165, 1.54) is 0 Å². The second-order valence-electron chi connectivity index (χ2n) is 4.61. The summed E-state index contributed by atoms with van der Waals surface area (Å²) in [6, 6.07) is 17.4. The minimum Gasteiger partial charge on any atom is -0.457 e. The minimum absolute atomic E-state index is 0. The normalized spacial score (nSPS) is 17.1. The van der Waals surface area contributed by atoms with Gasteiger partial charge in [0.15, 0.2) is 0 Å². The summed E-state index contributed by atoms with van der Waals surface area (Å²) in [6.45, 7) is 0.457. The Bertz CT molecular complexity index is 586. The highest BCUT2D eigenvalue weighted by molar-refractivity contribution is 5.85. The number of alkyl carbamates (subject to hydrolysis) is 1. The topological polar surface area (TPSA) is 47.6 Å². The predicted octanol–water partition coefficient (Wildman–Crippen LogP) is 4.07. The number of para-hydroxylation sites is 1. The van der Waals surface area contributed by atoms with E-state index in [2.05, 4.69) is 5.32 Å². The van der Waals surface area contributed by atoms with Crippen molar-refractivity contribution < 1.29 is 14.3 Å². The van der Waals surface area contributed by atoms with Gasteiger partial charge in [0, 0.05) is 6.42 Å². The third-order valence-electron chi connectivity index (χ3n) is 3.19. The van der Waals surface area contributed by atoms with Gasteiger partial charge in [0.2, 0.25) is 0 Å². The van der Waals surface area contributed by atoms with Crippen LogP contribution in [0.5, 0.6) is 11.5 Å². The summed E-state index contributed by atoms with van der Waals surface area (Å²) < 4.78 is 10.6. The Morgan fingerprint density at radius 3 is 2.33 bits per heavy atom. The molecule has 2 aromatic rings. The van der Waals surface area contributed by atoms with Gasteiger partial charge in [0.05, 0.1) is 12.6 Å². The molecule has 5 heteroatoms. The van der Waals surface area contributed by atoms with Gasteiger partial charge in [-0.05, 0) is 29.8 Å². The maximum absolute atomic E-state index is 11.2. The summed E-state index contributed by atoms with van der Waals surface area (Å²) in [5, 5.41) is 2.80. The molecule has 1 fully saturated rings. The van der Waals surface area contributed by atoms with E-state index in [1.807, 2.05) is 54.6 Å². The van der Waals surface area contributed by atoms with E-state index in [-0.39, 0.29) is 24.5 Å². The molecule has 0 aliphatic carbocycles. The van der Waals surface area contributed by atoms with Crippen molar-refractivity contribution in [2.45, 2.75) is 12.5 Å². The lowest BCUT2D eigenvalue weighted by Crippen LogP contribution is -2.35. The van der Waals surface area contributed by atoms with Crippen molar-refractivity contribution in [3.8, 4) is 11.5 Å². The van der Waals surface area contributed by atoms with Gasteiger partial charge in [-0.3, -0.25) is 0 Å². The molecule has 3 rings (SSSR count). The van der Waals surface area contributed by atoms with Crippen LogP contribution in [0.25, 0.3) is 0 Å². The zero-order valence-electron chi connectivity index (χ0n) is 11.3. The Kier molecular flexibility index (Phi) is 5.06. The fourth-order valence-corrected chi connectivity index (χ4v) is 2.17. The Balaban J connectivity index is 0.00000161. The first-order valence-electron chi connectivity index (χ1n) is 6.57. The highest BCUT2D eigenvalue weighted by atomic mass is 35.5. The number of amides is 1. The van der Waals surface area contributed by atoms with Gasteiger partial charge in [-0.25, -0.2) is 4.79 Å². The third kappa shape index (κ3) is 3.89. The van der Waals surface area contributed by atoms with E-state index in [0.717, 1.165) is 23.5 Å². The highest BCUT2D eigenvalue weighted by Crippen LogP contribution is 2.25. The van der Waals surface area contributed by atoms with Crippen molar-refractivity contribution in [1.82, 2.24) is 5.32 Å². The molecule has 1 atom stereocenters. The molecule has 0 radical (unpaired) electrons. The average molecular weight is 306 g/mol. The van der Waals surface area contributed by atoms with Gasteiger partial charge in [0.25, 0.3) is 0 Å². The van der Waals surface area contributed by atoms with Gasteiger partial charge in [0.1, 0.15) is 11.5 Å². The van der Waals surface area contributed by atoms with E-state index >= 15 is 0 Å². The van der Waals surface area contributed by atoms with E-state index in [0.29, 0.717) is 6.61 Å². The molecule has 21 heavy (non-hydrogen) atoms. The lowest BCUT2D eigenvalue weighted by Gasteiger charge is -2.23. The maximum Gasteiger partial charge on any atom is 0.407 e. The summed E-state index contributed by atoms with van der Waals surface area (Å²) in [6.07, 6.45) is 0.427. The van der Waals surface area contributed by atoms with Crippen LogP contribution in [0.3, 0.4) is 0 Å². The molecule has 1 aliphatic rings. The molecule has 0 unspecified atom stereocenters. The molecule has 4 nitrogen and oxygen atoms in total. The molecule has 0 bridgehead atoms. The minimum atomic E-state index is -0.356.